The number of phenols is 1. The Labute approximate surface area is 67.7 Å². The standard InChI is InChI=1S/C10H14O/c1-8(2)6-9-4-3-5-10(11)7-9/h3-5,7-8,11H,6H2,1-2H3. The minimum absolute atomic E-state index is 0.364. The van der Waals surface area contributed by atoms with Gasteiger partial charge >= 0.3 is 0 Å². The van der Waals surface area contributed by atoms with E-state index < -0.39 is 0 Å². The second-order valence-electron chi connectivity index (χ2n) is 3.27. The molecule has 0 aromatic heterocycles. The average Bonchev–Trinajstić information content (AvgIpc) is 1.85. The van der Waals surface area contributed by atoms with E-state index in [0.29, 0.717) is 11.7 Å². The summed E-state index contributed by atoms with van der Waals surface area (Å²) in [4.78, 5) is 0. The normalized spacial score (nSPS) is 10.5. The zero-order valence-electron chi connectivity index (χ0n) is 7.04. The van der Waals surface area contributed by atoms with Crippen molar-refractivity contribution in [1.82, 2.24) is 0 Å². The molecule has 0 atom stereocenters. The van der Waals surface area contributed by atoms with Crippen LogP contribution in [0.1, 0.15) is 19.4 Å². The molecule has 0 aliphatic heterocycles. The zero-order chi connectivity index (χ0) is 8.27. The second-order valence-corrected chi connectivity index (χ2v) is 3.27. The van der Waals surface area contributed by atoms with Crippen LogP contribution in [0.2, 0.25) is 0 Å². The largest absolute Gasteiger partial charge is 0.508 e. The smallest absolute Gasteiger partial charge is 0.115 e. The second kappa shape index (κ2) is 3.42. The van der Waals surface area contributed by atoms with Gasteiger partial charge in [-0.1, -0.05) is 26.0 Å². The molecular formula is C10H14O. The Bertz CT molecular complexity index is 228. The quantitative estimate of drug-likeness (QED) is 0.687. The van der Waals surface area contributed by atoms with E-state index in [1.807, 2.05) is 18.2 Å². The number of aromatic hydroxyl groups is 1. The third-order valence-corrected chi connectivity index (χ3v) is 1.55. The van der Waals surface area contributed by atoms with Gasteiger partial charge in [-0.3, -0.25) is 0 Å². The molecule has 1 aromatic rings. The zero-order valence-corrected chi connectivity index (χ0v) is 7.04. The van der Waals surface area contributed by atoms with Crippen molar-refractivity contribution in [3.63, 3.8) is 0 Å². The molecule has 0 spiro atoms. The van der Waals surface area contributed by atoms with Gasteiger partial charge in [0, 0.05) is 0 Å². The fourth-order valence-electron chi connectivity index (χ4n) is 1.15. The fourth-order valence-corrected chi connectivity index (χ4v) is 1.15. The highest BCUT2D eigenvalue weighted by Crippen LogP contribution is 2.13. The molecule has 0 fully saturated rings. The van der Waals surface area contributed by atoms with E-state index in [1.54, 1.807) is 6.07 Å². The monoisotopic (exact) mass is 150 g/mol. The van der Waals surface area contributed by atoms with Gasteiger partial charge in [0.1, 0.15) is 5.75 Å². The minimum atomic E-state index is 0.364. The molecule has 0 unspecified atom stereocenters. The Kier molecular flexibility index (Phi) is 2.53. The maximum Gasteiger partial charge on any atom is 0.115 e. The van der Waals surface area contributed by atoms with Gasteiger partial charge in [0.15, 0.2) is 0 Å². The lowest BCUT2D eigenvalue weighted by Crippen LogP contribution is -1.92. The average molecular weight is 150 g/mol. The van der Waals surface area contributed by atoms with E-state index in [-0.39, 0.29) is 0 Å². The van der Waals surface area contributed by atoms with Crippen LogP contribution in [0, 0.1) is 5.92 Å². The first-order valence-electron chi connectivity index (χ1n) is 3.96. The van der Waals surface area contributed by atoms with Crippen LogP contribution >= 0.6 is 0 Å². The summed E-state index contributed by atoms with van der Waals surface area (Å²) in [5.74, 6) is 1.01. The number of rotatable bonds is 2. The van der Waals surface area contributed by atoms with Gasteiger partial charge in [0.25, 0.3) is 0 Å². The summed E-state index contributed by atoms with van der Waals surface area (Å²) in [5.41, 5.74) is 1.21. The van der Waals surface area contributed by atoms with Crippen molar-refractivity contribution in [2.24, 2.45) is 5.92 Å². The third-order valence-electron chi connectivity index (χ3n) is 1.55. The maximum absolute atomic E-state index is 9.13. The van der Waals surface area contributed by atoms with Gasteiger partial charge < -0.3 is 5.11 Å². The van der Waals surface area contributed by atoms with E-state index in [2.05, 4.69) is 13.8 Å². The predicted octanol–water partition coefficient (Wildman–Crippen LogP) is 2.59. The molecule has 1 aromatic carbocycles. The predicted molar refractivity (Wildman–Crippen MR) is 46.6 cm³/mol. The molecule has 11 heavy (non-hydrogen) atoms. The number of hydrogen-bond donors (Lipinski definition) is 1. The molecule has 0 saturated heterocycles. The first-order valence-corrected chi connectivity index (χ1v) is 3.96. The summed E-state index contributed by atoms with van der Waals surface area (Å²) in [7, 11) is 0. The summed E-state index contributed by atoms with van der Waals surface area (Å²) in [5, 5.41) is 9.13. The molecule has 1 rings (SSSR count). The van der Waals surface area contributed by atoms with Gasteiger partial charge in [-0.2, -0.15) is 0 Å². The molecule has 1 heteroatoms. The Morgan fingerprint density at radius 2 is 2.09 bits per heavy atom. The van der Waals surface area contributed by atoms with Gasteiger partial charge in [0.2, 0.25) is 0 Å². The van der Waals surface area contributed by atoms with E-state index in [0.717, 1.165) is 6.42 Å². The summed E-state index contributed by atoms with van der Waals surface area (Å²) in [6, 6.07) is 7.44. The van der Waals surface area contributed by atoms with Gasteiger partial charge in [-0.15, -0.1) is 0 Å². The molecule has 1 N–H and O–H groups in total. The lowest BCUT2D eigenvalue weighted by atomic mass is 10.0. The molecule has 1 nitrogen and oxygen atoms in total. The summed E-state index contributed by atoms with van der Waals surface area (Å²) in [6.45, 7) is 4.34. The van der Waals surface area contributed by atoms with Crippen molar-refractivity contribution in [2.45, 2.75) is 20.3 Å². The molecule has 0 amide bonds. The molecule has 0 aliphatic rings. The first-order chi connectivity index (χ1) is 5.18. The van der Waals surface area contributed by atoms with E-state index in [4.69, 9.17) is 5.11 Å². The molecule has 0 bridgehead atoms. The molecule has 0 heterocycles. The summed E-state index contributed by atoms with van der Waals surface area (Å²) < 4.78 is 0. The Morgan fingerprint density at radius 1 is 1.36 bits per heavy atom. The van der Waals surface area contributed by atoms with Crippen LogP contribution in [0.15, 0.2) is 24.3 Å². The van der Waals surface area contributed by atoms with Crippen molar-refractivity contribution in [3.05, 3.63) is 29.8 Å². The van der Waals surface area contributed by atoms with Crippen LogP contribution in [0.25, 0.3) is 0 Å². The van der Waals surface area contributed by atoms with Crippen LogP contribution in [-0.4, -0.2) is 5.11 Å². The van der Waals surface area contributed by atoms with Crippen LogP contribution in [0.3, 0.4) is 0 Å². The summed E-state index contributed by atoms with van der Waals surface area (Å²) >= 11 is 0. The van der Waals surface area contributed by atoms with E-state index in [1.165, 1.54) is 5.56 Å². The Morgan fingerprint density at radius 3 is 2.64 bits per heavy atom. The fraction of sp³-hybridized carbons (Fsp3) is 0.400. The van der Waals surface area contributed by atoms with Crippen molar-refractivity contribution in [3.8, 4) is 5.75 Å². The SMILES string of the molecule is CC(C)Cc1cccc(O)c1. The summed E-state index contributed by atoms with van der Waals surface area (Å²) in [6.07, 6.45) is 1.04. The van der Waals surface area contributed by atoms with E-state index in [9.17, 15) is 0 Å². The number of benzene rings is 1. The van der Waals surface area contributed by atoms with Gasteiger partial charge in [-0.05, 0) is 30.0 Å². The lowest BCUT2D eigenvalue weighted by molar-refractivity contribution is 0.474. The van der Waals surface area contributed by atoms with Crippen LogP contribution in [-0.2, 0) is 6.42 Å². The topological polar surface area (TPSA) is 20.2 Å². The van der Waals surface area contributed by atoms with Crippen molar-refractivity contribution >= 4 is 0 Å². The molecule has 0 saturated carbocycles. The van der Waals surface area contributed by atoms with Crippen LogP contribution in [0.5, 0.6) is 5.75 Å². The van der Waals surface area contributed by atoms with Crippen LogP contribution < -0.4 is 0 Å². The first kappa shape index (κ1) is 8.12. The number of hydrogen-bond acceptors (Lipinski definition) is 1. The van der Waals surface area contributed by atoms with Crippen molar-refractivity contribution in [2.75, 3.05) is 0 Å². The molecule has 60 valence electrons. The van der Waals surface area contributed by atoms with Gasteiger partial charge in [-0.25, -0.2) is 0 Å². The highest BCUT2D eigenvalue weighted by Gasteiger charge is 1.97. The number of phenolic OH excluding ortho intramolecular Hbond substituents is 1. The molecule has 0 radical (unpaired) electrons. The maximum atomic E-state index is 9.13. The van der Waals surface area contributed by atoms with Crippen molar-refractivity contribution in [1.29, 1.82) is 0 Å². The Hall–Kier alpha value is -0.980. The molecular weight excluding hydrogens is 136 g/mol. The lowest BCUT2D eigenvalue weighted by Gasteiger charge is -2.04. The third kappa shape index (κ3) is 2.62. The highest BCUT2D eigenvalue weighted by atomic mass is 16.3. The Balaban J connectivity index is 2.71. The van der Waals surface area contributed by atoms with Crippen LogP contribution in [0.4, 0.5) is 0 Å². The molecule has 0 aliphatic carbocycles. The minimum Gasteiger partial charge on any atom is -0.508 e. The highest BCUT2D eigenvalue weighted by molar-refractivity contribution is 5.27. The van der Waals surface area contributed by atoms with E-state index >= 15 is 0 Å². The van der Waals surface area contributed by atoms with Crippen molar-refractivity contribution < 1.29 is 5.11 Å². The van der Waals surface area contributed by atoms with Gasteiger partial charge in [0.05, 0.1) is 0 Å².